The normalized spacial score (nSPS) is 17.5. The Balaban J connectivity index is 1.89. The first-order chi connectivity index (χ1) is 10.9. The van der Waals surface area contributed by atoms with E-state index in [0.717, 1.165) is 11.6 Å². The molecular formula is C16H18ClFN4O. The zero-order valence-electron chi connectivity index (χ0n) is 13.3. The van der Waals surface area contributed by atoms with Gasteiger partial charge in [-0.3, -0.25) is 4.79 Å². The highest BCUT2D eigenvalue weighted by Gasteiger charge is 2.30. The maximum Gasteiger partial charge on any atom is 0.254 e. The molecule has 5 nitrogen and oxygen atoms in total. The van der Waals surface area contributed by atoms with E-state index in [-0.39, 0.29) is 28.5 Å². The summed E-state index contributed by atoms with van der Waals surface area (Å²) in [4.78, 5) is 14.3. The molecule has 1 atom stereocenters. The summed E-state index contributed by atoms with van der Waals surface area (Å²) in [7, 11) is 0. The second kappa shape index (κ2) is 5.92. The summed E-state index contributed by atoms with van der Waals surface area (Å²) >= 11 is 5.84. The third kappa shape index (κ3) is 2.95. The van der Waals surface area contributed by atoms with Crippen molar-refractivity contribution in [2.45, 2.75) is 39.3 Å². The van der Waals surface area contributed by atoms with Crippen LogP contribution < -0.4 is 0 Å². The number of hydrogen-bond acceptors (Lipinski definition) is 3. The van der Waals surface area contributed by atoms with Crippen LogP contribution in [0.15, 0.2) is 18.2 Å². The first-order valence-corrected chi connectivity index (χ1v) is 7.93. The van der Waals surface area contributed by atoms with Gasteiger partial charge >= 0.3 is 0 Å². The minimum Gasteiger partial charge on any atom is -0.329 e. The van der Waals surface area contributed by atoms with Crippen LogP contribution >= 0.6 is 11.6 Å². The lowest BCUT2D eigenvalue weighted by Crippen LogP contribution is -2.41. The summed E-state index contributed by atoms with van der Waals surface area (Å²) in [6, 6.07) is 3.94. The second-order valence-corrected chi connectivity index (χ2v) is 6.63. The number of fused-ring (bicyclic) bond motifs is 1. The van der Waals surface area contributed by atoms with Crippen molar-refractivity contribution < 1.29 is 9.18 Å². The van der Waals surface area contributed by atoms with E-state index in [0.29, 0.717) is 13.1 Å². The van der Waals surface area contributed by atoms with Crippen LogP contribution in [0.4, 0.5) is 4.39 Å². The molecule has 122 valence electrons. The molecule has 7 heteroatoms. The van der Waals surface area contributed by atoms with Gasteiger partial charge in [0.15, 0.2) is 5.82 Å². The van der Waals surface area contributed by atoms with Crippen LogP contribution in [0.25, 0.3) is 0 Å². The van der Waals surface area contributed by atoms with E-state index >= 15 is 0 Å². The van der Waals surface area contributed by atoms with Crippen LogP contribution in [-0.4, -0.2) is 32.1 Å². The Morgan fingerprint density at radius 3 is 2.74 bits per heavy atom. The molecule has 0 saturated carbocycles. The van der Waals surface area contributed by atoms with E-state index in [1.807, 2.05) is 6.92 Å². The van der Waals surface area contributed by atoms with E-state index in [1.165, 1.54) is 18.2 Å². The number of aromatic nitrogens is 3. The monoisotopic (exact) mass is 336 g/mol. The van der Waals surface area contributed by atoms with Gasteiger partial charge in [-0.25, -0.2) is 4.39 Å². The zero-order chi connectivity index (χ0) is 16.7. The van der Waals surface area contributed by atoms with Crippen LogP contribution in [0.5, 0.6) is 0 Å². The van der Waals surface area contributed by atoms with Crippen molar-refractivity contribution in [3.63, 3.8) is 0 Å². The number of nitrogens with zero attached hydrogens (tertiary/aromatic N) is 4. The van der Waals surface area contributed by atoms with E-state index in [4.69, 9.17) is 11.6 Å². The standard InChI is InChI=1S/C16H18ClFN4O/c1-9(2)15-20-19-14-8-21(7-10(3)22(14)15)16(23)11-4-12(17)6-13(18)5-11/h4-6,9-10H,7-8H2,1-3H3/t10-/m0/s1. The predicted molar refractivity (Wildman–Crippen MR) is 85.0 cm³/mol. The first-order valence-electron chi connectivity index (χ1n) is 7.56. The Morgan fingerprint density at radius 2 is 2.09 bits per heavy atom. The van der Waals surface area contributed by atoms with Crippen LogP contribution in [0.3, 0.4) is 0 Å². The third-order valence-corrected chi connectivity index (χ3v) is 4.18. The molecule has 2 heterocycles. The SMILES string of the molecule is CC(C)c1nnc2n1[C@@H](C)CN(C(=O)c1cc(F)cc(Cl)c1)C2. The van der Waals surface area contributed by atoms with E-state index < -0.39 is 5.82 Å². The predicted octanol–water partition coefficient (Wildman–Crippen LogP) is 3.41. The van der Waals surface area contributed by atoms with Crippen molar-refractivity contribution in [2.24, 2.45) is 0 Å². The van der Waals surface area contributed by atoms with Gasteiger partial charge in [-0.2, -0.15) is 0 Å². The molecule has 3 rings (SSSR count). The van der Waals surface area contributed by atoms with Gasteiger partial charge in [0, 0.05) is 23.0 Å². The van der Waals surface area contributed by atoms with Gasteiger partial charge < -0.3 is 9.47 Å². The second-order valence-electron chi connectivity index (χ2n) is 6.19. The quantitative estimate of drug-likeness (QED) is 0.844. The summed E-state index contributed by atoms with van der Waals surface area (Å²) in [6.45, 7) is 7.04. The molecular weight excluding hydrogens is 319 g/mol. The van der Waals surface area contributed by atoms with E-state index in [9.17, 15) is 9.18 Å². The Morgan fingerprint density at radius 1 is 1.35 bits per heavy atom. The van der Waals surface area contributed by atoms with Crippen molar-refractivity contribution >= 4 is 17.5 Å². The molecule has 1 aromatic carbocycles. The summed E-state index contributed by atoms with van der Waals surface area (Å²) in [5, 5.41) is 8.66. The number of amides is 1. The average Bonchev–Trinajstić information content (AvgIpc) is 2.90. The van der Waals surface area contributed by atoms with Gasteiger partial charge in [-0.05, 0) is 25.1 Å². The minimum atomic E-state index is -0.517. The largest absolute Gasteiger partial charge is 0.329 e. The van der Waals surface area contributed by atoms with Gasteiger partial charge in [-0.15, -0.1) is 10.2 Å². The molecule has 0 saturated heterocycles. The number of halogens is 2. The molecule has 0 aliphatic carbocycles. The van der Waals surface area contributed by atoms with Crippen molar-refractivity contribution in [3.8, 4) is 0 Å². The molecule has 0 spiro atoms. The minimum absolute atomic E-state index is 0.0686. The molecule has 2 aromatic rings. The van der Waals surface area contributed by atoms with Crippen molar-refractivity contribution in [3.05, 3.63) is 46.3 Å². The smallest absolute Gasteiger partial charge is 0.254 e. The van der Waals surface area contributed by atoms with E-state index in [2.05, 4.69) is 28.6 Å². The van der Waals surface area contributed by atoms with Crippen LogP contribution in [0.1, 0.15) is 54.7 Å². The molecule has 1 aromatic heterocycles. The van der Waals surface area contributed by atoms with Crippen LogP contribution in [-0.2, 0) is 6.54 Å². The maximum atomic E-state index is 13.5. The van der Waals surface area contributed by atoms with Crippen molar-refractivity contribution in [1.82, 2.24) is 19.7 Å². The number of hydrogen-bond donors (Lipinski definition) is 0. The third-order valence-electron chi connectivity index (χ3n) is 3.96. The van der Waals surface area contributed by atoms with Crippen molar-refractivity contribution in [2.75, 3.05) is 6.54 Å². The van der Waals surface area contributed by atoms with Gasteiger partial charge in [0.05, 0.1) is 12.6 Å². The fourth-order valence-electron chi connectivity index (χ4n) is 2.97. The topological polar surface area (TPSA) is 51.0 Å². The highest BCUT2D eigenvalue weighted by Crippen LogP contribution is 2.26. The lowest BCUT2D eigenvalue weighted by Gasteiger charge is -2.33. The fraction of sp³-hybridized carbons (Fsp3) is 0.438. The summed E-state index contributed by atoms with van der Waals surface area (Å²) in [6.07, 6.45) is 0. The number of carbonyl (C=O) groups is 1. The lowest BCUT2D eigenvalue weighted by molar-refractivity contribution is 0.0679. The molecule has 1 amide bonds. The summed E-state index contributed by atoms with van der Waals surface area (Å²) < 4.78 is 15.6. The first kappa shape index (κ1) is 15.9. The van der Waals surface area contributed by atoms with Gasteiger partial charge in [0.2, 0.25) is 0 Å². The Bertz CT molecular complexity index is 738. The zero-order valence-corrected chi connectivity index (χ0v) is 14.0. The van der Waals surface area contributed by atoms with Gasteiger partial charge in [0.1, 0.15) is 11.6 Å². The molecule has 1 aliphatic heterocycles. The molecule has 23 heavy (non-hydrogen) atoms. The lowest BCUT2D eigenvalue weighted by atomic mass is 10.1. The fourth-order valence-corrected chi connectivity index (χ4v) is 3.19. The number of benzene rings is 1. The Kier molecular flexibility index (Phi) is 4.10. The van der Waals surface area contributed by atoms with Gasteiger partial charge in [0.25, 0.3) is 5.91 Å². The molecule has 0 radical (unpaired) electrons. The Hall–Kier alpha value is -1.95. The molecule has 0 N–H and O–H groups in total. The van der Waals surface area contributed by atoms with Crippen LogP contribution in [0, 0.1) is 5.82 Å². The van der Waals surface area contributed by atoms with Crippen LogP contribution in [0.2, 0.25) is 5.02 Å². The molecule has 1 aliphatic rings. The highest BCUT2D eigenvalue weighted by atomic mass is 35.5. The molecule has 0 bridgehead atoms. The summed E-state index contributed by atoms with van der Waals surface area (Å²) in [5.41, 5.74) is 0.249. The number of rotatable bonds is 2. The molecule has 0 fully saturated rings. The number of carbonyl (C=O) groups excluding carboxylic acids is 1. The Labute approximate surface area is 139 Å². The maximum absolute atomic E-state index is 13.5. The van der Waals surface area contributed by atoms with Gasteiger partial charge in [-0.1, -0.05) is 25.4 Å². The highest BCUT2D eigenvalue weighted by molar-refractivity contribution is 6.31. The average molecular weight is 337 g/mol. The van der Waals surface area contributed by atoms with Crippen molar-refractivity contribution in [1.29, 1.82) is 0 Å². The van der Waals surface area contributed by atoms with E-state index in [1.54, 1.807) is 4.90 Å². The molecule has 0 unspecified atom stereocenters. The summed E-state index contributed by atoms with van der Waals surface area (Å²) in [5.74, 6) is 1.18.